The highest BCUT2D eigenvalue weighted by atomic mass is 35.5. The molecule has 0 amide bonds. The fourth-order valence-electron chi connectivity index (χ4n) is 2.61. The number of aromatic nitrogens is 1. The van der Waals surface area contributed by atoms with E-state index >= 15 is 0 Å². The molecule has 4 aromatic rings. The van der Waals surface area contributed by atoms with Crippen molar-refractivity contribution in [2.45, 2.75) is 0 Å². The van der Waals surface area contributed by atoms with Gasteiger partial charge in [-0.3, -0.25) is 0 Å². The van der Waals surface area contributed by atoms with E-state index in [9.17, 15) is 0 Å². The largest absolute Gasteiger partial charge is 0.443 e. The van der Waals surface area contributed by atoms with Crippen molar-refractivity contribution in [2.24, 2.45) is 0 Å². The molecule has 4 rings (SSSR count). The molecule has 0 radical (unpaired) electrons. The predicted molar refractivity (Wildman–Crippen MR) is 89.9 cm³/mol. The highest BCUT2D eigenvalue weighted by molar-refractivity contribution is 6.30. The topological polar surface area (TPSA) is 26.0 Å². The summed E-state index contributed by atoms with van der Waals surface area (Å²) in [6.07, 6.45) is 1.49. The Balaban J connectivity index is 1.96. The summed E-state index contributed by atoms with van der Waals surface area (Å²) in [4.78, 5) is 4.32. The molecule has 0 N–H and O–H groups in total. The maximum absolute atomic E-state index is 5.98. The van der Waals surface area contributed by atoms with Gasteiger partial charge in [-0.1, -0.05) is 54.1 Å². The first-order chi connectivity index (χ1) is 10.8. The third-order valence-corrected chi connectivity index (χ3v) is 3.95. The van der Waals surface area contributed by atoms with Crippen LogP contribution in [0.4, 0.5) is 0 Å². The van der Waals surface area contributed by atoms with Gasteiger partial charge in [0.1, 0.15) is 5.52 Å². The van der Waals surface area contributed by atoms with E-state index in [4.69, 9.17) is 16.0 Å². The van der Waals surface area contributed by atoms with Crippen LogP contribution in [0.25, 0.3) is 33.4 Å². The molecule has 0 atom stereocenters. The number of hydrogen-bond donors (Lipinski definition) is 0. The third-order valence-electron chi connectivity index (χ3n) is 3.69. The summed E-state index contributed by atoms with van der Waals surface area (Å²) in [5.41, 5.74) is 6.01. The molecular weight excluding hydrogens is 294 g/mol. The standard InChI is InChI=1S/C19H12ClNO/c20-16-8-6-13(7-9-16)15-10-17(14-4-2-1-3-5-14)19-18(11-15)21-12-22-19/h1-12H. The summed E-state index contributed by atoms with van der Waals surface area (Å²) < 4.78 is 5.58. The van der Waals surface area contributed by atoms with Crippen LogP contribution in [0.3, 0.4) is 0 Å². The van der Waals surface area contributed by atoms with Gasteiger partial charge in [0.25, 0.3) is 0 Å². The Hall–Kier alpha value is -2.58. The van der Waals surface area contributed by atoms with Gasteiger partial charge in [0.2, 0.25) is 0 Å². The van der Waals surface area contributed by atoms with Crippen molar-refractivity contribution in [1.29, 1.82) is 0 Å². The molecule has 0 saturated heterocycles. The average Bonchev–Trinajstić information content (AvgIpc) is 3.04. The average molecular weight is 306 g/mol. The van der Waals surface area contributed by atoms with Crippen LogP contribution in [0, 0.1) is 0 Å². The molecule has 0 aliphatic heterocycles. The van der Waals surface area contributed by atoms with E-state index in [1.165, 1.54) is 6.39 Å². The van der Waals surface area contributed by atoms with Crippen molar-refractivity contribution < 1.29 is 4.42 Å². The number of nitrogens with zero attached hydrogens (tertiary/aromatic N) is 1. The Morgan fingerprint density at radius 3 is 2.32 bits per heavy atom. The number of benzene rings is 3. The molecule has 1 heterocycles. The van der Waals surface area contributed by atoms with Gasteiger partial charge in [-0.25, -0.2) is 4.98 Å². The van der Waals surface area contributed by atoms with E-state index in [0.29, 0.717) is 0 Å². The van der Waals surface area contributed by atoms with Crippen molar-refractivity contribution >= 4 is 22.7 Å². The minimum absolute atomic E-state index is 0.731. The first-order valence-corrected chi connectivity index (χ1v) is 7.38. The van der Waals surface area contributed by atoms with Gasteiger partial charge in [-0.2, -0.15) is 0 Å². The first kappa shape index (κ1) is 13.1. The maximum Gasteiger partial charge on any atom is 0.182 e. The molecule has 0 saturated carbocycles. The van der Waals surface area contributed by atoms with Crippen LogP contribution in [0.2, 0.25) is 5.02 Å². The lowest BCUT2D eigenvalue weighted by Crippen LogP contribution is -1.84. The summed E-state index contributed by atoms with van der Waals surface area (Å²) in [6, 6.07) is 22.2. The first-order valence-electron chi connectivity index (χ1n) is 7.00. The maximum atomic E-state index is 5.98. The second-order valence-electron chi connectivity index (χ2n) is 5.10. The quantitative estimate of drug-likeness (QED) is 0.466. The van der Waals surface area contributed by atoms with Crippen LogP contribution in [-0.2, 0) is 0 Å². The number of rotatable bonds is 2. The lowest BCUT2D eigenvalue weighted by molar-refractivity contribution is 0.603. The lowest BCUT2D eigenvalue weighted by atomic mass is 9.98. The third kappa shape index (κ3) is 2.28. The van der Waals surface area contributed by atoms with Gasteiger partial charge in [0, 0.05) is 10.6 Å². The highest BCUT2D eigenvalue weighted by Gasteiger charge is 2.11. The molecule has 0 unspecified atom stereocenters. The Labute approximate surface area is 133 Å². The Morgan fingerprint density at radius 1 is 0.773 bits per heavy atom. The summed E-state index contributed by atoms with van der Waals surface area (Å²) in [5.74, 6) is 0. The predicted octanol–water partition coefficient (Wildman–Crippen LogP) is 5.82. The van der Waals surface area contributed by atoms with E-state index in [1.54, 1.807) is 0 Å². The Bertz CT molecular complexity index is 927. The van der Waals surface area contributed by atoms with Gasteiger partial charge < -0.3 is 4.42 Å². The van der Waals surface area contributed by atoms with Crippen molar-refractivity contribution in [2.75, 3.05) is 0 Å². The Kier molecular flexibility index (Phi) is 3.17. The fraction of sp³-hybridized carbons (Fsp3) is 0. The smallest absolute Gasteiger partial charge is 0.182 e. The monoisotopic (exact) mass is 305 g/mol. The van der Waals surface area contributed by atoms with Crippen molar-refractivity contribution in [3.8, 4) is 22.3 Å². The number of halogens is 1. The van der Waals surface area contributed by atoms with E-state index in [1.807, 2.05) is 48.5 Å². The molecule has 0 spiro atoms. The zero-order valence-corrected chi connectivity index (χ0v) is 12.4. The second-order valence-corrected chi connectivity index (χ2v) is 5.53. The van der Waals surface area contributed by atoms with Gasteiger partial charge >= 0.3 is 0 Å². The van der Waals surface area contributed by atoms with Gasteiger partial charge in [-0.05, 0) is 41.0 Å². The van der Waals surface area contributed by atoms with Crippen LogP contribution in [0.5, 0.6) is 0 Å². The minimum Gasteiger partial charge on any atom is -0.443 e. The van der Waals surface area contributed by atoms with Crippen molar-refractivity contribution in [3.63, 3.8) is 0 Å². The highest BCUT2D eigenvalue weighted by Crippen LogP contribution is 2.33. The van der Waals surface area contributed by atoms with Crippen LogP contribution in [0.1, 0.15) is 0 Å². The number of oxazole rings is 1. The molecule has 3 aromatic carbocycles. The van der Waals surface area contributed by atoms with E-state index in [2.05, 4.69) is 23.2 Å². The normalized spacial score (nSPS) is 11.0. The lowest BCUT2D eigenvalue weighted by Gasteiger charge is -2.07. The van der Waals surface area contributed by atoms with Crippen LogP contribution in [-0.4, -0.2) is 4.98 Å². The molecule has 0 fully saturated rings. The zero-order valence-electron chi connectivity index (χ0n) is 11.7. The number of fused-ring (bicyclic) bond motifs is 1. The summed E-state index contributed by atoms with van der Waals surface area (Å²) in [5, 5.41) is 0.731. The van der Waals surface area contributed by atoms with Crippen LogP contribution in [0.15, 0.2) is 77.5 Å². The summed E-state index contributed by atoms with van der Waals surface area (Å²) in [7, 11) is 0. The molecule has 1 aromatic heterocycles. The summed E-state index contributed by atoms with van der Waals surface area (Å²) in [6.45, 7) is 0. The Morgan fingerprint density at radius 2 is 1.55 bits per heavy atom. The molecule has 0 bridgehead atoms. The van der Waals surface area contributed by atoms with E-state index in [-0.39, 0.29) is 0 Å². The van der Waals surface area contributed by atoms with Crippen LogP contribution >= 0.6 is 11.6 Å². The minimum atomic E-state index is 0.731. The van der Waals surface area contributed by atoms with Crippen molar-refractivity contribution in [3.05, 3.63) is 78.1 Å². The molecule has 0 aliphatic carbocycles. The molecule has 106 valence electrons. The molecular formula is C19H12ClNO. The van der Waals surface area contributed by atoms with E-state index in [0.717, 1.165) is 38.4 Å². The second kappa shape index (κ2) is 5.32. The van der Waals surface area contributed by atoms with Gasteiger partial charge in [0.05, 0.1) is 0 Å². The number of hydrogen-bond acceptors (Lipinski definition) is 2. The van der Waals surface area contributed by atoms with Crippen LogP contribution < -0.4 is 0 Å². The SMILES string of the molecule is Clc1ccc(-c2cc(-c3ccccc3)c3ocnc3c2)cc1. The van der Waals surface area contributed by atoms with Crippen molar-refractivity contribution in [1.82, 2.24) is 4.98 Å². The molecule has 22 heavy (non-hydrogen) atoms. The molecule has 3 heteroatoms. The summed E-state index contributed by atoms with van der Waals surface area (Å²) >= 11 is 5.98. The van der Waals surface area contributed by atoms with Gasteiger partial charge in [-0.15, -0.1) is 0 Å². The zero-order chi connectivity index (χ0) is 14.9. The molecule has 0 aliphatic rings. The molecule has 2 nitrogen and oxygen atoms in total. The van der Waals surface area contributed by atoms with E-state index < -0.39 is 0 Å². The fourth-order valence-corrected chi connectivity index (χ4v) is 2.74. The van der Waals surface area contributed by atoms with Gasteiger partial charge in [0.15, 0.2) is 12.0 Å².